The highest BCUT2D eigenvalue weighted by molar-refractivity contribution is 6.01. The van der Waals surface area contributed by atoms with E-state index < -0.39 is 0 Å². The molecule has 0 aliphatic heterocycles. The summed E-state index contributed by atoms with van der Waals surface area (Å²) < 4.78 is 26.7. The largest absolute Gasteiger partial charge is 0.497 e. The Morgan fingerprint density at radius 1 is 0.912 bits per heavy atom. The highest BCUT2D eigenvalue weighted by Crippen LogP contribution is 2.35. The number of benzene rings is 3. The number of hydrogen-bond donors (Lipinski definition) is 0. The Kier molecular flexibility index (Phi) is 6.97. The molecule has 0 bridgehead atoms. The zero-order valence-electron chi connectivity index (χ0n) is 19.7. The molecule has 0 radical (unpaired) electrons. The normalized spacial score (nSPS) is 11.4. The molecular weight excluding hydrogens is 431 g/mol. The molecule has 0 N–H and O–H groups in total. The molecule has 0 saturated heterocycles. The van der Waals surface area contributed by atoms with Crippen molar-refractivity contribution in [3.05, 3.63) is 102 Å². The summed E-state index contributed by atoms with van der Waals surface area (Å²) in [7, 11) is 3.28. The van der Waals surface area contributed by atoms with Crippen LogP contribution in [-0.2, 0) is 11.4 Å². The second-order valence-electron chi connectivity index (χ2n) is 7.85. The van der Waals surface area contributed by atoms with Crippen molar-refractivity contribution in [3.8, 4) is 28.4 Å². The third kappa shape index (κ3) is 4.81. The molecule has 0 fully saturated rings. The molecule has 5 nitrogen and oxygen atoms in total. The van der Waals surface area contributed by atoms with Crippen LogP contribution >= 0.6 is 0 Å². The average Bonchev–Trinajstić information content (AvgIpc) is 3.21. The lowest BCUT2D eigenvalue weighted by atomic mass is 10.1. The standard InChI is InChI=1S/C28H27FN2O3/c1-19(30-34-18-21-9-8-12-23(29)15-21)25-17-27(22-10-6-5-7-11-22)31(20(25)2)26-14-13-24(32-3)16-28(26)33-4/h5-17H,18H2,1-4H3/b30-19-. The molecule has 0 spiro atoms. The van der Waals surface area contributed by atoms with E-state index in [0.717, 1.165) is 45.2 Å². The first-order chi connectivity index (χ1) is 16.5. The lowest BCUT2D eigenvalue weighted by molar-refractivity contribution is 0.130. The van der Waals surface area contributed by atoms with Crippen molar-refractivity contribution in [1.82, 2.24) is 4.57 Å². The van der Waals surface area contributed by atoms with Gasteiger partial charge in [0.05, 0.1) is 31.3 Å². The summed E-state index contributed by atoms with van der Waals surface area (Å²) in [5.41, 5.74) is 6.31. The molecule has 0 unspecified atom stereocenters. The van der Waals surface area contributed by atoms with E-state index >= 15 is 0 Å². The van der Waals surface area contributed by atoms with Crippen molar-refractivity contribution < 1.29 is 18.7 Å². The molecule has 174 valence electrons. The molecule has 0 atom stereocenters. The van der Waals surface area contributed by atoms with Gasteiger partial charge in [-0.25, -0.2) is 4.39 Å². The van der Waals surface area contributed by atoms with Crippen molar-refractivity contribution >= 4 is 5.71 Å². The molecule has 6 heteroatoms. The predicted molar refractivity (Wildman–Crippen MR) is 132 cm³/mol. The number of oxime groups is 1. The topological polar surface area (TPSA) is 45.0 Å². The molecule has 4 rings (SSSR count). The molecule has 4 aromatic rings. The first-order valence-corrected chi connectivity index (χ1v) is 10.9. The van der Waals surface area contributed by atoms with E-state index in [2.05, 4.69) is 27.9 Å². The molecule has 0 saturated carbocycles. The highest BCUT2D eigenvalue weighted by atomic mass is 19.1. The number of aromatic nitrogens is 1. The first-order valence-electron chi connectivity index (χ1n) is 10.9. The van der Waals surface area contributed by atoms with Gasteiger partial charge in [-0.2, -0.15) is 0 Å². The van der Waals surface area contributed by atoms with Crippen LogP contribution in [0, 0.1) is 12.7 Å². The summed E-state index contributed by atoms with van der Waals surface area (Å²) in [4.78, 5) is 5.55. The van der Waals surface area contributed by atoms with Crippen LogP contribution < -0.4 is 9.47 Å². The molecule has 0 aliphatic carbocycles. The molecule has 34 heavy (non-hydrogen) atoms. The van der Waals surface area contributed by atoms with Crippen molar-refractivity contribution in [2.75, 3.05) is 14.2 Å². The van der Waals surface area contributed by atoms with Crippen LogP contribution in [0.5, 0.6) is 11.5 Å². The zero-order valence-corrected chi connectivity index (χ0v) is 19.7. The molecule has 3 aromatic carbocycles. The van der Waals surface area contributed by atoms with Gasteiger partial charge in [0.1, 0.15) is 23.9 Å². The number of nitrogens with zero attached hydrogens (tertiary/aromatic N) is 2. The van der Waals surface area contributed by atoms with E-state index in [-0.39, 0.29) is 12.4 Å². The van der Waals surface area contributed by atoms with Gasteiger partial charge >= 0.3 is 0 Å². The van der Waals surface area contributed by atoms with Crippen LogP contribution in [0.2, 0.25) is 0 Å². The molecule has 0 aliphatic rings. The van der Waals surface area contributed by atoms with Crippen molar-refractivity contribution in [2.45, 2.75) is 20.5 Å². The van der Waals surface area contributed by atoms with E-state index in [1.54, 1.807) is 26.4 Å². The van der Waals surface area contributed by atoms with Gasteiger partial charge in [-0.05, 0) is 55.3 Å². The fourth-order valence-electron chi connectivity index (χ4n) is 3.95. The number of methoxy groups -OCH3 is 2. The van der Waals surface area contributed by atoms with Crippen molar-refractivity contribution in [3.63, 3.8) is 0 Å². The van der Waals surface area contributed by atoms with Crippen LogP contribution in [-0.4, -0.2) is 24.5 Å². The molecule has 1 aromatic heterocycles. The highest BCUT2D eigenvalue weighted by Gasteiger charge is 2.19. The van der Waals surface area contributed by atoms with E-state index in [4.69, 9.17) is 14.3 Å². The Hall–Kier alpha value is -4.06. The van der Waals surface area contributed by atoms with Gasteiger partial charge in [0.2, 0.25) is 0 Å². The molecular formula is C28H27FN2O3. The summed E-state index contributed by atoms with van der Waals surface area (Å²) in [5, 5.41) is 4.32. The third-order valence-corrected chi connectivity index (χ3v) is 5.66. The Morgan fingerprint density at radius 3 is 2.41 bits per heavy atom. The van der Waals surface area contributed by atoms with Gasteiger partial charge in [0.15, 0.2) is 0 Å². The fourth-order valence-corrected chi connectivity index (χ4v) is 3.95. The van der Waals surface area contributed by atoms with Gasteiger partial charge < -0.3 is 18.9 Å². The number of hydrogen-bond acceptors (Lipinski definition) is 4. The Balaban J connectivity index is 1.76. The third-order valence-electron chi connectivity index (χ3n) is 5.66. The maximum atomic E-state index is 13.4. The van der Waals surface area contributed by atoms with Crippen LogP contribution in [0.4, 0.5) is 4.39 Å². The minimum atomic E-state index is -0.296. The maximum absolute atomic E-state index is 13.4. The fraction of sp³-hybridized carbons (Fsp3) is 0.179. The lowest BCUT2D eigenvalue weighted by Crippen LogP contribution is -2.04. The van der Waals surface area contributed by atoms with Crippen LogP contribution in [0.3, 0.4) is 0 Å². The zero-order chi connectivity index (χ0) is 24.1. The van der Waals surface area contributed by atoms with Crippen LogP contribution in [0.1, 0.15) is 23.7 Å². The van der Waals surface area contributed by atoms with Gasteiger partial charge in [-0.1, -0.05) is 47.6 Å². The minimum Gasteiger partial charge on any atom is -0.497 e. The number of rotatable bonds is 8. The van der Waals surface area contributed by atoms with Gasteiger partial charge in [-0.3, -0.25) is 0 Å². The predicted octanol–water partition coefficient (Wildman–Crippen LogP) is 6.55. The van der Waals surface area contributed by atoms with E-state index in [1.165, 1.54) is 12.1 Å². The minimum absolute atomic E-state index is 0.187. The van der Waals surface area contributed by atoms with Crippen LogP contribution in [0.25, 0.3) is 16.9 Å². The summed E-state index contributed by atoms with van der Waals surface area (Å²) in [6.07, 6.45) is 0. The summed E-state index contributed by atoms with van der Waals surface area (Å²) in [5.74, 6) is 1.12. The van der Waals surface area contributed by atoms with Gasteiger partial charge in [-0.15, -0.1) is 0 Å². The Morgan fingerprint density at radius 2 is 1.71 bits per heavy atom. The summed E-state index contributed by atoms with van der Waals surface area (Å²) >= 11 is 0. The average molecular weight is 459 g/mol. The summed E-state index contributed by atoms with van der Waals surface area (Å²) in [6, 6.07) is 24.3. The quantitative estimate of drug-likeness (QED) is 0.222. The Labute approximate surface area is 199 Å². The lowest BCUT2D eigenvalue weighted by Gasteiger charge is -2.16. The van der Waals surface area contributed by atoms with Crippen molar-refractivity contribution in [2.24, 2.45) is 5.16 Å². The smallest absolute Gasteiger partial charge is 0.146 e. The van der Waals surface area contributed by atoms with Crippen LogP contribution in [0.15, 0.2) is 84.0 Å². The SMILES string of the molecule is COc1ccc(-n2c(-c3ccccc3)cc(/C(C)=N\OCc3cccc(F)c3)c2C)c(OC)c1. The van der Waals surface area contributed by atoms with E-state index in [0.29, 0.717) is 5.75 Å². The van der Waals surface area contributed by atoms with E-state index in [9.17, 15) is 4.39 Å². The maximum Gasteiger partial charge on any atom is 0.146 e. The molecule has 0 amide bonds. The second-order valence-corrected chi connectivity index (χ2v) is 7.85. The number of halogens is 1. The monoisotopic (exact) mass is 458 g/mol. The first kappa shape index (κ1) is 23.1. The number of ether oxygens (including phenoxy) is 2. The summed E-state index contributed by atoms with van der Waals surface area (Å²) in [6.45, 7) is 4.13. The van der Waals surface area contributed by atoms with Crippen molar-refractivity contribution in [1.29, 1.82) is 0 Å². The van der Waals surface area contributed by atoms with Gasteiger partial charge in [0.25, 0.3) is 0 Å². The second kappa shape index (κ2) is 10.3. The molecule has 1 heterocycles. The Bertz CT molecular complexity index is 1310. The van der Waals surface area contributed by atoms with E-state index in [1.807, 2.05) is 50.2 Å². The van der Waals surface area contributed by atoms with Gasteiger partial charge in [0, 0.05) is 17.3 Å².